The Morgan fingerprint density at radius 3 is 2.18 bits per heavy atom. The van der Waals surface area contributed by atoms with Crippen molar-refractivity contribution in [3.8, 4) is 0 Å². The maximum absolute atomic E-state index is 13.4. The maximum Gasteiger partial charge on any atom is 0.324 e. The highest BCUT2D eigenvalue weighted by Crippen LogP contribution is 2.27. The summed E-state index contributed by atoms with van der Waals surface area (Å²) in [6.45, 7) is 10.7. The summed E-state index contributed by atoms with van der Waals surface area (Å²) in [5.74, 6) is 0.323. The SMILES string of the molecule is CCN(CC)S(=O)(=O)c1ccc(S(=O)(=O)N2CCCC(C(=O)N3CCN(c4nc(C(C)C)no4)CC3)C2)cc1. The molecule has 1 atom stereocenters. The minimum absolute atomic E-state index is 0.0167. The Labute approximate surface area is 231 Å². The minimum atomic E-state index is -3.88. The van der Waals surface area contributed by atoms with E-state index >= 15 is 0 Å². The summed E-state index contributed by atoms with van der Waals surface area (Å²) in [5, 5.41) is 4.00. The number of hydrogen-bond acceptors (Lipinski definition) is 9. The summed E-state index contributed by atoms with van der Waals surface area (Å²) < 4.78 is 60.4. The molecule has 14 heteroatoms. The molecule has 4 rings (SSSR count). The number of rotatable bonds is 9. The van der Waals surface area contributed by atoms with Crippen LogP contribution in [0.1, 0.15) is 52.3 Å². The van der Waals surface area contributed by atoms with Gasteiger partial charge in [0.15, 0.2) is 5.82 Å². The number of aromatic nitrogens is 2. The summed E-state index contributed by atoms with van der Waals surface area (Å²) in [5.41, 5.74) is 0. The molecule has 0 aliphatic carbocycles. The van der Waals surface area contributed by atoms with Crippen LogP contribution in [-0.2, 0) is 24.8 Å². The number of piperazine rings is 1. The second-order valence-corrected chi connectivity index (χ2v) is 14.0. The number of hydrogen-bond donors (Lipinski definition) is 0. The van der Waals surface area contributed by atoms with Gasteiger partial charge in [0.25, 0.3) is 0 Å². The fourth-order valence-electron chi connectivity index (χ4n) is 4.97. The Bertz CT molecular complexity index is 1350. The molecule has 2 aliphatic heterocycles. The van der Waals surface area contributed by atoms with E-state index in [4.69, 9.17) is 4.52 Å². The van der Waals surface area contributed by atoms with Gasteiger partial charge in [0, 0.05) is 58.3 Å². The molecule has 1 aromatic carbocycles. The molecule has 39 heavy (non-hydrogen) atoms. The molecule has 0 N–H and O–H groups in total. The highest BCUT2D eigenvalue weighted by molar-refractivity contribution is 7.89. The normalized spacial score (nSPS) is 19.7. The van der Waals surface area contributed by atoms with Crippen LogP contribution in [0.15, 0.2) is 38.6 Å². The topological polar surface area (TPSA) is 137 Å². The first kappa shape index (κ1) is 29.4. The van der Waals surface area contributed by atoms with Gasteiger partial charge < -0.3 is 14.3 Å². The average Bonchev–Trinajstić information content (AvgIpc) is 3.44. The molecule has 2 aromatic rings. The van der Waals surface area contributed by atoms with E-state index in [1.54, 1.807) is 18.7 Å². The molecule has 3 heterocycles. The van der Waals surface area contributed by atoms with Crippen LogP contribution in [0.25, 0.3) is 0 Å². The van der Waals surface area contributed by atoms with E-state index < -0.39 is 26.0 Å². The lowest BCUT2D eigenvalue weighted by Gasteiger charge is -2.38. The Morgan fingerprint density at radius 1 is 1.00 bits per heavy atom. The van der Waals surface area contributed by atoms with Crippen LogP contribution in [0.3, 0.4) is 0 Å². The van der Waals surface area contributed by atoms with E-state index in [0.717, 1.165) is 0 Å². The summed E-state index contributed by atoms with van der Waals surface area (Å²) in [6.07, 6.45) is 1.19. The number of anilines is 1. The summed E-state index contributed by atoms with van der Waals surface area (Å²) in [7, 11) is -7.57. The highest BCUT2D eigenvalue weighted by atomic mass is 32.2. The van der Waals surface area contributed by atoms with Crippen molar-refractivity contribution < 1.29 is 26.2 Å². The summed E-state index contributed by atoms with van der Waals surface area (Å²) >= 11 is 0. The lowest BCUT2D eigenvalue weighted by molar-refractivity contribution is -0.137. The van der Waals surface area contributed by atoms with Gasteiger partial charge >= 0.3 is 6.01 Å². The van der Waals surface area contributed by atoms with Gasteiger partial charge in [-0.25, -0.2) is 16.8 Å². The van der Waals surface area contributed by atoms with Gasteiger partial charge in [0.05, 0.1) is 15.7 Å². The third-order valence-corrected chi connectivity index (χ3v) is 11.3. The Balaban J connectivity index is 1.39. The van der Waals surface area contributed by atoms with Crippen molar-refractivity contribution in [1.29, 1.82) is 0 Å². The van der Waals surface area contributed by atoms with Crippen molar-refractivity contribution in [2.24, 2.45) is 5.92 Å². The number of carbonyl (C=O) groups excluding carboxylic acids is 1. The monoisotopic (exact) mass is 582 g/mol. The van der Waals surface area contributed by atoms with Crippen LogP contribution in [0, 0.1) is 5.92 Å². The van der Waals surface area contributed by atoms with Crippen LogP contribution in [0.2, 0.25) is 0 Å². The zero-order valence-electron chi connectivity index (χ0n) is 23.0. The van der Waals surface area contributed by atoms with Crippen molar-refractivity contribution >= 4 is 32.0 Å². The molecule has 1 unspecified atom stereocenters. The number of benzene rings is 1. The number of piperidine rings is 1. The first-order valence-corrected chi connectivity index (χ1v) is 16.3. The molecule has 0 spiro atoms. The molecule has 2 fully saturated rings. The first-order valence-electron chi connectivity index (χ1n) is 13.5. The van der Waals surface area contributed by atoms with Gasteiger partial charge in [-0.3, -0.25) is 4.79 Å². The number of amides is 1. The lowest BCUT2D eigenvalue weighted by atomic mass is 9.98. The third-order valence-electron chi connectivity index (χ3n) is 7.35. The average molecular weight is 583 g/mol. The first-order chi connectivity index (χ1) is 18.5. The van der Waals surface area contributed by atoms with Crippen LogP contribution in [0.4, 0.5) is 6.01 Å². The van der Waals surface area contributed by atoms with Crippen molar-refractivity contribution in [3.05, 3.63) is 30.1 Å². The highest BCUT2D eigenvalue weighted by Gasteiger charge is 2.36. The molecule has 0 radical (unpaired) electrons. The van der Waals surface area contributed by atoms with Gasteiger partial charge in [0.2, 0.25) is 26.0 Å². The second-order valence-electron chi connectivity index (χ2n) is 10.2. The fraction of sp³-hybridized carbons (Fsp3) is 0.640. The second kappa shape index (κ2) is 11.9. The smallest absolute Gasteiger partial charge is 0.324 e. The quantitative estimate of drug-likeness (QED) is 0.434. The molecule has 0 bridgehead atoms. The number of nitrogens with zero attached hydrogens (tertiary/aromatic N) is 6. The molecule has 0 saturated carbocycles. The minimum Gasteiger partial charge on any atom is -0.339 e. The van der Waals surface area contributed by atoms with E-state index in [0.29, 0.717) is 70.5 Å². The Morgan fingerprint density at radius 2 is 1.62 bits per heavy atom. The number of carbonyl (C=O) groups is 1. The van der Waals surface area contributed by atoms with E-state index in [9.17, 15) is 21.6 Å². The zero-order chi connectivity index (χ0) is 28.4. The van der Waals surface area contributed by atoms with Crippen molar-refractivity contribution in [1.82, 2.24) is 23.7 Å². The van der Waals surface area contributed by atoms with E-state index in [1.165, 1.54) is 32.9 Å². The number of sulfonamides is 2. The maximum atomic E-state index is 13.4. The predicted molar refractivity (Wildman–Crippen MR) is 145 cm³/mol. The standard InChI is InChI=1S/C25H38N6O6S2/c1-5-30(6-2)38(33,34)21-9-11-22(12-10-21)39(35,36)31-13-7-8-20(18-31)24(32)28-14-16-29(17-15-28)25-26-23(19(3)4)27-37-25/h9-12,19-20H,5-8,13-18H2,1-4H3. The van der Waals surface area contributed by atoms with Gasteiger partial charge in [-0.05, 0) is 37.1 Å². The van der Waals surface area contributed by atoms with E-state index in [-0.39, 0.29) is 28.2 Å². The molecule has 2 saturated heterocycles. The molecule has 1 amide bonds. The van der Waals surface area contributed by atoms with Crippen LogP contribution in [-0.4, -0.2) is 98.8 Å². The Kier molecular flexibility index (Phi) is 8.98. The van der Waals surface area contributed by atoms with Crippen molar-refractivity contribution in [2.45, 2.75) is 56.2 Å². The van der Waals surface area contributed by atoms with Gasteiger partial charge in [-0.1, -0.05) is 32.9 Å². The molecule has 1 aromatic heterocycles. The zero-order valence-corrected chi connectivity index (χ0v) is 24.6. The van der Waals surface area contributed by atoms with Gasteiger partial charge in [0.1, 0.15) is 0 Å². The van der Waals surface area contributed by atoms with Crippen LogP contribution < -0.4 is 4.90 Å². The summed E-state index contributed by atoms with van der Waals surface area (Å²) in [4.78, 5) is 21.6. The van der Waals surface area contributed by atoms with Crippen molar-refractivity contribution in [2.75, 3.05) is 57.3 Å². The Hall–Kier alpha value is -2.55. The van der Waals surface area contributed by atoms with E-state index in [2.05, 4.69) is 10.1 Å². The largest absolute Gasteiger partial charge is 0.339 e. The predicted octanol–water partition coefficient (Wildman–Crippen LogP) is 1.97. The van der Waals surface area contributed by atoms with Gasteiger partial charge in [-0.2, -0.15) is 13.6 Å². The molecule has 216 valence electrons. The van der Waals surface area contributed by atoms with Crippen LogP contribution in [0.5, 0.6) is 0 Å². The molecule has 12 nitrogen and oxygen atoms in total. The molecular weight excluding hydrogens is 544 g/mol. The fourth-order valence-corrected chi connectivity index (χ4v) is 7.96. The van der Waals surface area contributed by atoms with E-state index in [1.807, 2.05) is 18.7 Å². The molecule has 2 aliphatic rings. The van der Waals surface area contributed by atoms with Gasteiger partial charge in [-0.15, -0.1) is 0 Å². The van der Waals surface area contributed by atoms with Crippen molar-refractivity contribution in [3.63, 3.8) is 0 Å². The third kappa shape index (κ3) is 6.13. The summed E-state index contributed by atoms with van der Waals surface area (Å²) in [6, 6.07) is 5.79. The molecular formula is C25H38N6O6S2. The lowest BCUT2D eigenvalue weighted by Crippen LogP contribution is -2.53. The van der Waals surface area contributed by atoms with Crippen LogP contribution >= 0.6 is 0 Å².